The number of carbonyl (C=O) groups is 2. The Morgan fingerprint density at radius 2 is 2.22 bits per heavy atom. The first-order chi connectivity index (χ1) is 10.9. The summed E-state index contributed by atoms with van der Waals surface area (Å²) in [6.45, 7) is 6.05. The summed E-state index contributed by atoms with van der Waals surface area (Å²) in [5, 5.41) is 0. The summed E-state index contributed by atoms with van der Waals surface area (Å²) in [7, 11) is -0.760. The highest BCUT2D eigenvalue weighted by molar-refractivity contribution is 6.64. The van der Waals surface area contributed by atoms with Gasteiger partial charge >= 0.3 is 19.4 Å². The molecule has 1 unspecified atom stereocenters. The zero-order valence-corrected chi connectivity index (χ0v) is 13.2. The maximum absolute atomic E-state index is 11.8. The fourth-order valence-electron chi connectivity index (χ4n) is 2.48. The first-order valence-electron chi connectivity index (χ1n) is 7.36. The van der Waals surface area contributed by atoms with Crippen LogP contribution in [-0.4, -0.2) is 44.5 Å². The average molecular weight is 320 g/mol. The van der Waals surface area contributed by atoms with Gasteiger partial charge in [-0.15, -0.1) is 0 Å². The minimum Gasteiger partial charge on any atom is -0.460 e. The fourth-order valence-corrected chi connectivity index (χ4v) is 2.48. The van der Waals surface area contributed by atoms with E-state index in [9.17, 15) is 9.59 Å². The third-order valence-electron chi connectivity index (χ3n) is 3.50. The standard InChI is InChI=1S/C15H17BO7/c1-4-19-13(18)14-21-10-6-5-9(7-17)11(12(10)22-14)16-20-8-15(2,3)23-16/h5-7,14H,4,8H2,1-3H3. The van der Waals surface area contributed by atoms with Crippen LogP contribution in [0, 0.1) is 0 Å². The molecule has 1 aromatic rings. The molecule has 0 N–H and O–H groups in total. The van der Waals surface area contributed by atoms with Crippen LogP contribution in [0.4, 0.5) is 0 Å². The maximum atomic E-state index is 11.8. The van der Waals surface area contributed by atoms with Gasteiger partial charge in [0, 0.05) is 11.0 Å². The zero-order valence-electron chi connectivity index (χ0n) is 13.2. The van der Waals surface area contributed by atoms with Crippen molar-refractivity contribution in [3.8, 4) is 11.5 Å². The number of rotatable bonds is 4. The molecule has 2 heterocycles. The lowest BCUT2D eigenvalue weighted by Gasteiger charge is -2.16. The number of hydrogen-bond donors (Lipinski definition) is 0. The SMILES string of the molecule is CCOC(=O)C1Oc2ccc(C=O)c(B3OCC(C)(C)O3)c2O1. The van der Waals surface area contributed by atoms with Crippen molar-refractivity contribution in [2.45, 2.75) is 32.7 Å². The molecule has 1 atom stereocenters. The molecule has 0 amide bonds. The fraction of sp³-hybridized carbons (Fsp3) is 0.467. The monoisotopic (exact) mass is 320 g/mol. The molecule has 0 radical (unpaired) electrons. The third kappa shape index (κ3) is 2.91. The summed E-state index contributed by atoms with van der Waals surface area (Å²) in [4.78, 5) is 23.2. The predicted octanol–water partition coefficient (Wildman–Crippen LogP) is 0.680. The quantitative estimate of drug-likeness (QED) is 0.458. The summed E-state index contributed by atoms with van der Waals surface area (Å²) >= 11 is 0. The molecule has 0 aromatic heterocycles. The maximum Gasteiger partial charge on any atom is 0.499 e. The van der Waals surface area contributed by atoms with Crippen molar-refractivity contribution < 1.29 is 33.1 Å². The van der Waals surface area contributed by atoms with E-state index in [-0.39, 0.29) is 12.4 Å². The second-order valence-corrected chi connectivity index (χ2v) is 5.85. The average Bonchev–Trinajstić information content (AvgIpc) is 3.09. The smallest absolute Gasteiger partial charge is 0.460 e. The second kappa shape index (κ2) is 5.86. The molecule has 3 rings (SSSR count). The molecular weight excluding hydrogens is 303 g/mol. The highest BCUT2D eigenvalue weighted by Gasteiger charge is 2.44. The van der Waals surface area contributed by atoms with E-state index in [0.29, 0.717) is 29.7 Å². The summed E-state index contributed by atoms with van der Waals surface area (Å²) in [5.41, 5.74) is 0.308. The molecule has 23 heavy (non-hydrogen) atoms. The molecule has 8 heteroatoms. The van der Waals surface area contributed by atoms with Crippen LogP contribution in [0.3, 0.4) is 0 Å². The minimum absolute atomic E-state index is 0.216. The van der Waals surface area contributed by atoms with Gasteiger partial charge in [0.25, 0.3) is 0 Å². The first kappa shape index (κ1) is 15.8. The van der Waals surface area contributed by atoms with Crippen LogP contribution in [0.25, 0.3) is 0 Å². The Balaban J connectivity index is 1.94. The molecule has 0 aliphatic carbocycles. The Kier molecular flexibility index (Phi) is 4.03. The van der Waals surface area contributed by atoms with Gasteiger partial charge in [-0.1, -0.05) is 0 Å². The summed E-state index contributed by atoms with van der Waals surface area (Å²) in [6, 6.07) is 3.15. The van der Waals surface area contributed by atoms with Gasteiger partial charge in [-0.05, 0) is 32.9 Å². The summed E-state index contributed by atoms with van der Waals surface area (Å²) < 4.78 is 27.3. The molecular formula is C15H17BO7. The number of esters is 1. The van der Waals surface area contributed by atoms with Crippen molar-refractivity contribution in [3.05, 3.63) is 17.7 Å². The highest BCUT2D eigenvalue weighted by atomic mass is 16.7. The van der Waals surface area contributed by atoms with Crippen molar-refractivity contribution in [2.75, 3.05) is 13.2 Å². The number of hydrogen-bond acceptors (Lipinski definition) is 7. The minimum atomic E-state index is -1.19. The Morgan fingerprint density at radius 1 is 1.43 bits per heavy atom. The summed E-state index contributed by atoms with van der Waals surface area (Å²) in [5.74, 6) is -0.00759. The van der Waals surface area contributed by atoms with E-state index in [1.807, 2.05) is 13.8 Å². The Morgan fingerprint density at radius 3 is 2.83 bits per heavy atom. The van der Waals surface area contributed by atoms with E-state index in [1.165, 1.54) is 0 Å². The van der Waals surface area contributed by atoms with E-state index in [0.717, 1.165) is 0 Å². The largest absolute Gasteiger partial charge is 0.499 e. The van der Waals surface area contributed by atoms with Crippen molar-refractivity contribution >= 4 is 24.8 Å². The van der Waals surface area contributed by atoms with Crippen LogP contribution in [0.2, 0.25) is 0 Å². The van der Waals surface area contributed by atoms with Gasteiger partial charge in [-0.25, -0.2) is 4.79 Å². The lowest BCUT2D eigenvalue weighted by molar-refractivity contribution is -0.161. The second-order valence-electron chi connectivity index (χ2n) is 5.85. The number of carbonyl (C=O) groups excluding carboxylic acids is 2. The molecule has 1 fully saturated rings. The molecule has 122 valence electrons. The van der Waals surface area contributed by atoms with Crippen LogP contribution in [0.1, 0.15) is 31.1 Å². The Bertz CT molecular complexity index is 643. The van der Waals surface area contributed by atoms with Gasteiger partial charge in [0.2, 0.25) is 0 Å². The lowest BCUT2D eigenvalue weighted by Crippen LogP contribution is -2.38. The molecule has 0 bridgehead atoms. The highest BCUT2D eigenvalue weighted by Crippen LogP contribution is 2.36. The van der Waals surface area contributed by atoms with E-state index >= 15 is 0 Å². The van der Waals surface area contributed by atoms with Gasteiger partial charge < -0.3 is 23.5 Å². The normalized spacial score (nSPS) is 21.3. The molecule has 0 saturated carbocycles. The van der Waals surface area contributed by atoms with Crippen LogP contribution in [0.15, 0.2) is 12.1 Å². The number of fused-ring (bicyclic) bond motifs is 1. The van der Waals surface area contributed by atoms with Gasteiger partial charge in [-0.2, -0.15) is 0 Å². The molecule has 2 aliphatic rings. The van der Waals surface area contributed by atoms with Gasteiger partial charge in [-0.3, -0.25) is 4.79 Å². The molecule has 1 aromatic carbocycles. The van der Waals surface area contributed by atoms with Crippen LogP contribution >= 0.6 is 0 Å². The van der Waals surface area contributed by atoms with Crippen molar-refractivity contribution in [2.24, 2.45) is 0 Å². The predicted molar refractivity (Wildman–Crippen MR) is 80.0 cm³/mol. The van der Waals surface area contributed by atoms with Gasteiger partial charge in [0.05, 0.1) is 18.8 Å². The van der Waals surface area contributed by atoms with E-state index in [4.69, 9.17) is 23.5 Å². The third-order valence-corrected chi connectivity index (χ3v) is 3.50. The van der Waals surface area contributed by atoms with Crippen LogP contribution < -0.4 is 14.9 Å². The summed E-state index contributed by atoms with van der Waals surface area (Å²) in [6.07, 6.45) is -0.505. The van der Waals surface area contributed by atoms with E-state index in [1.54, 1.807) is 19.1 Å². The van der Waals surface area contributed by atoms with E-state index < -0.39 is 25.0 Å². The van der Waals surface area contributed by atoms with E-state index in [2.05, 4.69) is 0 Å². The number of benzene rings is 1. The van der Waals surface area contributed by atoms with Gasteiger partial charge in [0.1, 0.15) is 6.29 Å². The lowest BCUT2D eigenvalue weighted by atomic mass is 9.75. The topological polar surface area (TPSA) is 80.3 Å². The Hall–Kier alpha value is -2.06. The molecule has 0 spiro atoms. The zero-order chi connectivity index (χ0) is 16.6. The Labute approximate surface area is 133 Å². The van der Waals surface area contributed by atoms with Crippen LogP contribution in [0.5, 0.6) is 11.5 Å². The van der Waals surface area contributed by atoms with Gasteiger partial charge in [0.15, 0.2) is 11.5 Å². The molecule has 7 nitrogen and oxygen atoms in total. The first-order valence-corrected chi connectivity index (χ1v) is 7.36. The van der Waals surface area contributed by atoms with Crippen molar-refractivity contribution in [1.82, 2.24) is 0 Å². The van der Waals surface area contributed by atoms with Crippen molar-refractivity contribution in [3.63, 3.8) is 0 Å². The molecule has 1 saturated heterocycles. The number of aldehydes is 1. The van der Waals surface area contributed by atoms with Crippen LogP contribution in [-0.2, 0) is 18.8 Å². The number of ether oxygens (including phenoxy) is 3. The molecule has 2 aliphatic heterocycles. The van der Waals surface area contributed by atoms with Crippen molar-refractivity contribution in [1.29, 1.82) is 0 Å².